The predicted octanol–water partition coefficient (Wildman–Crippen LogP) is 6.04. The maximum atomic E-state index is 12.4. The van der Waals surface area contributed by atoms with Gasteiger partial charge in [0, 0.05) is 11.1 Å². The average Bonchev–Trinajstić information content (AvgIpc) is 3.14. The number of carbonyl (C=O) groups excluding carboxylic acids is 1. The van der Waals surface area contributed by atoms with Gasteiger partial charge in [-0.15, -0.1) is 0 Å². The third kappa shape index (κ3) is 4.75. The standard InChI is InChI=1S/C27H25NO3/c1-18(2)20-12-14-21(15-13-20)26-28-24(27(29)31-26)16-22-9-6-7-11-25(22)30-17-23-10-5-4-8-19(23)3/h4-16,18H,17H2,1-3H3/b24-16-. The highest BCUT2D eigenvalue weighted by Gasteiger charge is 2.24. The predicted molar refractivity (Wildman–Crippen MR) is 123 cm³/mol. The number of hydrogen-bond acceptors (Lipinski definition) is 4. The molecule has 1 aliphatic rings. The molecule has 0 saturated heterocycles. The molecule has 1 heterocycles. The second-order valence-electron chi connectivity index (χ2n) is 7.87. The highest BCUT2D eigenvalue weighted by Crippen LogP contribution is 2.26. The minimum Gasteiger partial charge on any atom is -0.488 e. The lowest BCUT2D eigenvalue weighted by Gasteiger charge is -2.11. The number of cyclic esters (lactones) is 1. The van der Waals surface area contributed by atoms with Gasteiger partial charge in [0.25, 0.3) is 0 Å². The van der Waals surface area contributed by atoms with Crippen LogP contribution in [-0.2, 0) is 16.1 Å². The van der Waals surface area contributed by atoms with Crippen molar-refractivity contribution in [2.45, 2.75) is 33.3 Å². The summed E-state index contributed by atoms with van der Waals surface area (Å²) in [5, 5.41) is 0. The summed E-state index contributed by atoms with van der Waals surface area (Å²) in [5.74, 6) is 0.992. The molecule has 0 bridgehead atoms. The molecule has 1 aliphatic heterocycles. The van der Waals surface area contributed by atoms with Crippen LogP contribution in [0.1, 0.15) is 47.6 Å². The maximum absolute atomic E-state index is 12.4. The number of esters is 1. The summed E-state index contributed by atoms with van der Waals surface area (Å²) in [6.45, 7) is 6.79. The highest BCUT2D eigenvalue weighted by atomic mass is 16.6. The van der Waals surface area contributed by atoms with E-state index in [0.29, 0.717) is 24.2 Å². The molecule has 156 valence electrons. The summed E-state index contributed by atoms with van der Waals surface area (Å²) in [4.78, 5) is 16.9. The molecule has 3 aromatic rings. The highest BCUT2D eigenvalue weighted by molar-refractivity contribution is 6.12. The molecular weight excluding hydrogens is 386 g/mol. The Kier molecular flexibility index (Phi) is 5.99. The fourth-order valence-electron chi connectivity index (χ4n) is 3.35. The molecule has 4 nitrogen and oxygen atoms in total. The van der Waals surface area contributed by atoms with Crippen molar-refractivity contribution >= 4 is 17.9 Å². The number of nitrogens with zero attached hydrogens (tertiary/aromatic N) is 1. The molecule has 4 rings (SSSR count). The van der Waals surface area contributed by atoms with Gasteiger partial charge in [-0.05, 0) is 53.8 Å². The quantitative estimate of drug-likeness (QED) is 0.367. The lowest BCUT2D eigenvalue weighted by Crippen LogP contribution is -2.05. The first-order valence-corrected chi connectivity index (χ1v) is 10.4. The van der Waals surface area contributed by atoms with E-state index in [4.69, 9.17) is 9.47 Å². The Morgan fingerprint density at radius 3 is 2.42 bits per heavy atom. The summed E-state index contributed by atoms with van der Waals surface area (Å²) >= 11 is 0. The molecule has 3 aromatic carbocycles. The van der Waals surface area contributed by atoms with Crippen molar-refractivity contribution in [2.75, 3.05) is 0 Å². The van der Waals surface area contributed by atoms with Gasteiger partial charge < -0.3 is 9.47 Å². The Bertz CT molecular complexity index is 1160. The van der Waals surface area contributed by atoms with Crippen LogP contribution < -0.4 is 4.74 Å². The van der Waals surface area contributed by atoms with Gasteiger partial charge in [0.1, 0.15) is 12.4 Å². The van der Waals surface area contributed by atoms with Crippen LogP contribution >= 0.6 is 0 Å². The van der Waals surface area contributed by atoms with Crippen LogP contribution in [0.2, 0.25) is 0 Å². The third-order valence-electron chi connectivity index (χ3n) is 5.30. The lowest BCUT2D eigenvalue weighted by atomic mass is 10.0. The fraction of sp³-hybridized carbons (Fsp3) is 0.185. The number of aryl methyl sites for hydroxylation is 1. The SMILES string of the molecule is Cc1ccccc1COc1ccccc1/C=C1\N=C(c2ccc(C(C)C)cc2)OC1=O. The topological polar surface area (TPSA) is 47.9 Å². The van der Waals surface area contributed by atoms with Gasteiger partial charge in [-0.25, -0.2) is 9.79 Å². The van der Waals surface area contributed by atoms with Crippen molar-refractivity contribution in [1.82, 2.24) is 0 Å². The minimum atomic E-state index is -0.461. The van der Waals surface area contributed by atoms with Gasteiger partial charge in [-0.1, -0.05) is 68.4 Å². The third-order valence-corrected chi connectivity index (χ3v) is 5.30. The van der Waals surface area contributed by atoms with E-state index in [2.05, 4.69) is 31.8 Å². The normalized spacial score (nSPS) is 14.6. The molecule has 0 spiro atoms. The first-order chi connectivity index (χ1) is 15.0. The molecule has 0 atom stereocenters. The molecule has 0 fully saturated rings. The largest absolute Gasteiger partial charge is 0.488 e. The summed E-state index contributed by atoms with van der Waals surface area (Å²) in [6.07, 6.45) is 1.71. The van der Waals surface area contributed by atoms with Crippen molar-refractivity contribution in [3.05, 3.63) is 106 Å². The lowest BCUT2D eigenvalue weighted by molar-refractivity contribution is -0.129. The van der Waals surface area contributed by atoms with Gasteiger partial charge >= 0.3 is 5.97 Å². The molecule has 0 radical (unpaired) electrons. The van der Waals surface area contributed by atoms with Crippen molar-refractivity contribution in [2.24, 2.45) is 4.99 Å². The fourth-order valence-corrected chi connectivity index (χ4v) is 3.35. The molecule has 0 saturated carbocycles. The molecule has 0 unspecified atom stereocenters. The Labute approximate surface area is 182 Å². The second kappa shape index (κ2) is 9.00. The first-order valence-electron chi connectivity index (χ1n) is 10.4. The van der Waals surface area contributed by atoms with E-state index in [1.165, 1.54) is 11.1 Å². The van der Waals surface area contributed by atoms with E-state index in [9.17, 15) is 4.79 Å². The van der Waals surface area contributed by atoms with Gasteiger partial charge in [0.15, 0.2) is 5.70 Å². The van der Waals surface area contributed by atoms with Crippen LogP contribution in [-0.4, -0.2) is 11.9 Å². The molecule has 0 amide bonds. The summed E-state index contributed by atoms with van der Waals surface area (Å²) in [5.41, 5.74) is 5.35. The van der Waals surface area contributed by atoms with Gasteiger partial charge in [-0.2, -0.15) is 0 Å². The first kappa shape index (κ1) is 20.6. The number of ether oxygens (including phenoxy) is 2. The van der Waals surface area contributed by atoms with Crippen molar-refractivity contribution in [1.29, 1.82) is 0 Å². The average molecular weight is 412 g/mol. The van der Waals surface area contributed by atoms with E-state index in [-0.39, 0.29) is 5.70 Å². The summed E-state index contributed by atoms with van der Waals surface area (Å²) in [7, 11) is 0. The van der Waals surface area contributed by atoms with Crippen molar-refractivity contribution in [3.63, 3.8) is 0 Å². The molecule has 31 heavy (non-hydrogen) atoms. The number of aliphatic imine (C=N–C) groups is 1. The molecule has 0 aromatic heterocycles. The molecular formula is C27H25NO3. The zero-order chi connectivity index (χ0) is 21.8. The van der Waals surface area contributed by atoms with E-state index in [1.54, 1.807) is 6.08 Å². The molecule has 4 heteroatoms. The molecule has 0 aliphatic carbocycles. The number of carbonyl (C=O) groups is 1. The Morgan fingerprint density at radius 1 is 0.968 bits per heavy atom. The monoisotopic (exact) mass is 411 g/mol. The Hall–Kier alpha value is -3.66. The number of benzene rings is 3. The zero-order valence-corrected chi connectivity index (χ0v) is 18.0. The van der Waals surface area contributed by atoms with Crippen LogP contribution in [0.4, 0.5) is 0 Å². The van der Waals surface area contributed by atoms with Crippen LogP contribution in [0.25, 0.3) is 6.08 Å². The minimum absolute atomic E-state index is 0.259. The van der Waals surface area contributed by atoms with E-state index < -0.39 is 5.97 Å². The van der Waals surface area contributed by atoms with E-state index >= 15 is 0 Å². The smallest absolute Gasteiger partial charge is 0.363 e. The van der Waals surface area contributed by atoms with E-state index in [0.717, 1.165) is 16.7 Å². The van der Waals surface area contributed by atoms with Gasteiger partial charge in [0.2, 0.25) is 5.90 Å². The summed E-state index contributed by atoms with van der Waals surface area (Å²) < 4.78 is 11.5. The second-order valence-corrected chi connectivity index (χ2v) is 7.87. The number of rotatable bonds is 6. The number of hydrogen-bond donors (Lipinski definition) is 0. The van der Waals surface area contributed by atoms with Gasteiger partial charge in [0.05, 0.1) is 0 Å². The maximum Gasteiger partial charge on any atom is 0.363 e. The zero-order valence-electron chi connectivity index (χ0n) is 18.0. The van der Waals surface area contributed by atoms with Crippen LogP contribution in [0.15, 0.2) is 83.5 Å². The summed E-state index contributed by atoms with van der Waals surface area (Å²) in [6, 6.07) is 23.7. The van der Waals surface area contributed by atoms with E-state index in [1.807, 2.05) is 66.7 Å². The Balaban J connectivity index is 1.57. The molecule has 0 N–H and O–H groups in total. The van der Waals surface area contributed by atoms with Gasteiger partial charge in [-0.3, -0.25) is 0 Å². The van der Waals surface area contributed by atoms with Crippen LogP contribution in [0.5, 0.6) is 5.75 Å². The van der Waals surface area contributed by atoms with Crippen LogP contribution in [0, 0.1) is 6.92 Å². The van der Waals surface area contributed by atoms with Crippen molar-refractivity contribution in [3.8, 4) is 5.75 Å². The number of para-hydroxylation sites is 1. The van der Waals surface area contributed by atoms with Crippen LogP contribution in [0.3, 0.4) is 0 Å². The van der Waals surface area contributed by atoms with Crippen molar-refractivity contribution < 1.29 is 14.3 Å². The Morgan fingerprint density at radius 2 is 1.68 bits per heavy atom.